The number of carbonyl (C=O) groups excluding carboxylic acids is 1. The normalized spacial score (nSPS) is 25.0. The molecule has 2 saturated heterocycles. The van der Waals surface area contributed by atoms with E-state index in [1.54, 1.807) is 6.07 Å². The molecule has 1 amide bonds. The third-order valence-electron chi connectivity index (χ3n) is 6.21. The first-order valence-corrected chi connectivity index (χ1v) is 10.2. The molecule has 2 N–H and O–H groups in total. The molecule has 2 fully saturated rings. The van der Waals surface area contributed by atoms with Gasteiger partial charge in [-0.2, -0.15) is 0 Å². The number of amides is 1. The maximum atomic E-state index is 11.5. The van der Waals surface area contributed by atoms with E-state index >= 15 is 0 Å². The van der Waals surface area contributed by atoms with E-state index in [4.69, 9.17) is 5.73 Å². The van der Waals surface area contributed by atoms with E-state index in [0.717, 1.165) is 44.5 Å². The number of primary amides is 1. The van der Waals surface area contributed by atoms with Crippen LogP contribution in [0.5, 0.6) is 0 Å². The summed E-state index contributed by atoms with van der Waals surface area (Å²) in [6.07, 6.45) is 9.07. The van der Waals surface area contributed by atoms with Gasteiger partial charge in [0.15, 0.2) is 0 Å². The minimum Gasteiger partial charge on any atom is -0.366 e. The lowest BCUT2D eigenvalue weighted by atomic mass is 9.84. The molecule has 1 unspecified atom stereocenters. The van der Waals surface area contributed by atoms with Crippen LogP contribution in [0.15, 0.2) is 30.5 Å². The maximum absolute atomic E-state index is 11.5. The van der Waals surface area contributed by atoms with Gasteiger partial charge in [0.25, 0.3) is 0 Å². The Morgan fingerprint density at radius 3 is 2.70 bits per heavy atom. The van der Waals surface area contributed by atoms with Gasteiger partial charge in [0.05, 0.1) is 12.2 Å². The molecule has 6 nitrogen and oxygen atoms in total. The van der Waals surface area contributed by atoms with Gasteiger partial charge in [-0.15, -0.1) is 5.10 Å². The SMILES string of the molecule is CCCc1cn(CCN2[C@@H]3CC[C@H]2CC(c2cccc(C(N)=O)c2)C3)nn1. The number of fused-ring (bicyclic) bond motifs is 2. The quantitative estimate of drug-likeness (QED) is 0.816. The lowest BCUT2D eigenvalue weighted by Gasteiger charge is -2.39. The standard InChI is InChI=1S/C21H29N5O/c1-2-4-18-14-25(24-23-18)9-10-26-19-7-8-20(26)13-17(12-19)15-5-3-6-16(11-15)21(22)27/h3,5-6,11,14,17,19-20H,2,4,7-10,12-13H2,1H3,(H2,22,27)/t17?,19-,20+. The molecular weight excluding hydrogens is 338 g/mol. The average molecular weight is 367 g/mol. The summed E-state index contributed by atoms with van der Waals surface area (Å²) in [5, 5.41) is 8.53. The van der Waals surface area contributed by atoms with Crippen molar-refractivity contribution in [2.24, 2.45) is 5.73 Å². The predicted molar refractivity (Wildman–Crippen MR) is 104 cm³/mol. The molecule has 0 aliphatic carbocycles. The summed E-state index contributed by atoms with van der Waals surface area (Å²) in [7, 11) is 0. The van der Waals surface area contributed by atoms with Gasteiger partial charge >= 0.3 is 0 Å². The Balaban J connectivity index is 1.38. The van der Waals surface area contributed by atoms with Gasteiger partial charge in [-0.3, -0.25) is 14.4 Å². The van der Waals surface area contributed by atoms with Gasteiger partial charge in [0.1, 0.15) is 0 Å². The first kappa shape index (κ1) is 18.2. The summed E-state index contributed by atoms with van der Waals surface area (Å²) in [5.41, 5.74) is 8.44. The van der Waals surface area contributed by atoms with Gasteiger partial charge < -0.3 is 5.73 Å². The fraction of sp³-hybridized carbons (Fsp3) is 0.571. The Hall–Kier alpha value is -2.21. The van der Waals surface area contributed by atoms with E-state index in [1.807, 2.05) is 16.8 Å². The highest BCUT2D eigenvalue weighted by atomic mass is 16.1. The van der Waals surface area contributed by atoms with Crippen LogP contribution in [-0.4, -0.2) is 44.4 Å². The number of aryl methyl sites for hydroxylation is 1. The molecule has 27 heavy (non-hydrogen) atoms. The van der Waals surface area contributed by atoms with Gasteiger partial charge in [-0.1, -0.05) is 30.7 Å². The van der Waals surface area contributed by atoms with E-state index in [1.165, 1.54) is 18.4 Å². The highest BCUT2D eigenvalue weighted by Crippen LogP contribution is 2.43. The molecule has 3 atom stereocenters. The predicted octanol–water partition coefficient (Wildman–Crippen LogP) is 2.74. The van der Waals surface area contributed by atoms with Crippen LogP contribution >= 0.6 is 0 Å². The van der Waals surface area contributed by atoms with Gasteiger partial charge in [0.2, 0.25) is 5.91 Å². The second-order valence-electron chi connectivity index (χ2n) is 8.00. The Kier molecular flexibility index (Phi) is 5.25. The van der Waals surface area contributed by atoms with Crippen molar-refractivity contribution in [3.8, 4) is 0 Å². The topological polar surface area (TPSA) is 77.0 Å². The number of hydrogen-bond donors (Lipinski definition) is 1. The summed E-state index contributed by atoms with van der Waals surface area (Å²) in [4.78, 5) is 14.2. The first-order chi connectivity index (χ1) is 13.1. The van der Waals surface area contributed by atoms with Crippen molar-refractivity contribution in [3.05, 3.63) is 47.3 Å². The van der Waals surface area contributed by atoms with Crippen molar-refractivity contribution in [2.75, 3.05) is 6.54 Å². The molecule has 3 heterocycles. The molecule has 144 valence electrons. The number of carbonyl (C=O) groups is 1. The smallest absolute Gasteiger partial charge is 0.248 e. The number of aromatic nitrogens is 3. The zero-order chi connectivity index (χ0) is 18.8. The molecule has 6 heteroatoms. The lowest BCUT2D eigenvalue weighted by molar-refractivity contribution is 0.1000. The zero-order valence-corrected chi connectivity index (χ0v) is 16.1. The minimum absolute atomic E-state index is 0.340. The molecule has 4 rings (SSSR count). The molecule has 0 saturated carbocycles. The molecule has 2 aromatic rings. The van der Waals surface area contributed by atoms with Crippen LogP contribution in [0.3, 0.4) is 0 Å². The Labute approximate surface area is 160 Å². The molecule has 2 aliphatic heterocycles. The number of piperidine rings is 1. The second kappa shape index (κ2) is 7.80. The van der Waals surface area contributed by atoms with Crippen molar-refractivity contribution >= 4 is 5.91 Å². The molecular formula is C21H29N5O. The van der Waals surface area contributed by atoms with Crippen molar-refractivity contribution in [2.45, 2.75) is 70.0 Å². The van der Waals surface area contributed by atoms with Crippen LogP contribution < -0.4 is 5.73 Å². The summed E-state index contributed by atoms with van der Waals surface area (Å²) in [6.45, 7) is 4.11. The number of nitrogens with zero attached hydrogens (tertiary/aromatic N) is 4. The fourth-order valence-corrected chi connectivity index (χ4v) is 4.89. The zero-order valence-electron chi connectivity index (χ0n) is 16.1. The Morgan fingerprint density at radius 2 is 2.00 bits per heavy atom. The third kappa shape index (κ3) is 3.90. The van der Waals surface area contributed by atoms with Crippen molar-refractivity contribution in [1.29, 1.82) is 0 Å². The molecule has 0 spiro atoms. The minimum atomic E-state index is -0.340. The van der Waals surface area contributed by atoms with Crippen molar-refractivity contribution < 1.29 is 4.79 Å². The number of benzene rings is 1. The fourth-order valence-electron chi connectivity index (χ4n) is 4.89. The van der Waals surface area contributed by atoms with Crippen LogP contribution in [0.2, 0.25) is 0 Å². The Bertz CT molecular complexity index is 787. The summed E-state index contributed by atoms with van der Waals surface area (Å²) in [5.74, 6) is 0.188. The van der Waals surface area contributed by atoms with Crippen LogP contribution in [-0.2, 0) is 13.0 Å². The molecule has 2 bridgehead atoms. The van der Waals surface area contributed by atoms with E-state index in [0.29, 0.717) is 23.6 Å². The summed E-state index contributed by atoms with van der Waals surface area (Å²) in [6, 6.07) is 9.17. The average Bonchev–Trinajstić information content (AvgIpc) is 3.21. The largest absolute Gasteiger partial charge is 0.366 e. The van der Waals surface area contributed by atoms with Crippen molar-refractivity contribution in [1.82, 2.24) is 19.9 Å². The van der Waals surface area contributed by atoms with Crippen LogP contribution in [0, 0.1) is 0 Å². The van der Waals surface area contributed by atoms with E-state index in [-0.39, 0.29) is 5.91 Å². The van der Waals surface area contributed by atoms with E-state index in [9.17, 15) is 4.79 Å². The maximum Gasteiger partial charge on any atom is 0.248 e. The second-order valence-corrected chi connectivity index (χ2v) is 8.00. The van der Waals surface area contributed by atoms with Gasteiger partial charge in [-0.25, -0.2) is 0 Å². The van der Waals surface area contributed by atoms with Crippen LogP contribution in [0.25, 0.3) is 0 Å². The first-order valence-electron chi connectivity index (χ1n) is 10.2. The molecule has 2 aliphatic rings. The van der Waals surface area contributed by atoms with Crippen molar-refractivity contribution in [3.63, 3.8) is 0 Å². The highest BCUT2D eigenvalue weighted by Gasteiger charge is 2.40. The summed E-state index contributed by atoms with van der Waals surface area (Å²) < 4.78 is 1.99. The van der Waals surface area contributed by atoms with Gasteiger partial charge in [0, 0.05) is 30.4 Å². The molecule has 0 radical (unpaired) electrons. The van der Waals surface area contributed by atoms with E-state index in [2.05, 4.69) is 34.4 Å². The number of hydrogen-bond acceptors (Lipinski definition) is 4. The summed E-state index contributed by atoms with van der Waals surface area (Å²) >= 11 is 0. The van der Waals surface area contributed by atoms with Gasteiger partial charge in [-0.05, 0) is 55.7 Å². The highest BCUT2D eigenvalue weighted by molar-refractivity contribution is 5.92. The lowest BCUT2D eigenvalue weighted by Crippen LogP contribution is -2.43. The number of nitrogens with two attached hydrogens (primary N) is 1. The number of rotatable bonds is 7. The molecule has 1 aromatic heterocycles. The Morgan fingerprint density at radius 1 is 1.22 bits per heavy atom. The third-order valence-corrected chi connectivity index (χ3v) is 6.21. The van der Waals surface area contributed by atoms with Crippen LogP contribution in [0.1, 0.15) is 66.6 Å². The monoisotopic (exact) mass is 367 g/mol. The van der Waals surface area contributed by atoms with E-state index < -0.39 is 0 Å². The molecule has 1 aromatic carbocycles. The van der Waals surface area contributed by atoms with Crippen LogP contribution in [0.4, 0.5) is 0 Å².